The molecule has 0 unspecified atom stereocenters. The van der Waals surface area contributed by atoms with Gasteiger partial charge in [-0.25, -0.2) is 4.68 Å². The molecule has 2 amide bonds. The van der Waals surface area contributed by atoms with Crippen molar-refractivity contribution >= 4 is 17.9 Å². The molecule has 3 aromatic rings. The topological polar surface area (TPSA) is 88.9 Å². The molecule has 0 aliphatic carbocycles. The zero-order valence-electron chi connectivity index (χ0n) is 15.7. The van der Waals surface area contributed by atoms with Gasteiger partial charge in [0.15, 0.2) is 0 Å². The van der Waals surface area contributed by atoms with E-state index in [0.29, 0.717) is 17.8 Å². The lowest BCUT2D eigenvalue weighted by Crippen LogP contribution is -2.41. The standard InChI is InChI=1S/C21H21N5O2/c1-15-8-10-19(16(2)12-15)21(28)24-23-20(27)11-9-18-14-26(25-22-18)13-17-6-4-3-5-7-17/h3-12,14H,13H2,1-2H3,(H,23,27)(H,24,28)/b11-9+. The summed E-state index contributed by atoms with van der Waals surface area (Å²) in [6.45, 7) is 4.40. The smallest absolute Gasteiger partial charge is 0.268 e. The quantitative estimate of drug-likeness (QED) is 0.529. The fourth-order valence-electron chi connectivity index (χ4n) is 2.69. The second-order valence-electron chi connectivity index (χ2n) is 6.42. The highest BCUT2D eigenvalue weighted by atomic mass is 16.2. The molecule has 0 aliphatic rings. The lowest BCUT2D eigenvalue weighted by atomic mass is 10.1. The first-order valence-corrected chi connectivity index (χ1v) is 8.81. The maximum absolute atomic E-state index is 12.2. The molecule has 7 heteroatoms. The summed E-state index contributed by atoms with van der Waals surface area (Å²) in [4.78, 5) is 24.1. The zero-order chi connectivity index (χ0) is 19.9. The molecule has 3 rings (SSSR count). The van der Waals surface area contributed by atoms with Crippen LogP contribution in [0, 0.1) is 13.8 Å². The normalized spacial score (nSPS) is 10.8. The average Bonchev–Trinajstić information content (AvgIpc) is 3.12. The molecule has 2 aromatic carbocycles. The molecule has 0 radical (unpaired) electrons. The number of hydrogen-bond donors (Lipinski definition) is 2. The number of hydrogen-bond acceptors (Lipinski definition) is 4. The van der Waals surface area contributed by atoms with E-state index in [4.69, 9.17) is 0 Å². The number of hydrazine groups is 1. The largest absolute Gasteiger partial charge is 0.269 e. The van der Waals surface area contributed by atoms with Crippen LogP contribution in [0.2, 0.25) is 0 Å². The van der Waals surface area contributed by atoms with E-state index in [-0.39, 0.29) is 5.91 Å². The van der Waals surface area contributed by atoms with Gasteiger partial charge in [0, 0.05) is 11.6 Å². The summed E-state index contributed by atoms with van der Waals surface area (Å²) < 4.78 is 1.69. The Morgan fingerprint density at radius 2 is 1.86 bits per heavy atom. The molecule has 1 aromatic heterocycles. The third-order valence-electron chi connectivity index (χ3n) is 4.07. The number of carbonyl (C=O) groups excluding carboxylic acids is 2. The lowest BCUT2D eigenvalue weighted by molar-refractivity contribution is -0.117. The summed E-state index contributed by atoms with van der Waals surface area (Å²) in [7, 11) is 0. The number of nitrogens with one attached hydrogen (secondary N) is 2. The number of amides is 2. The minimum atomic E-state index is -0.462. The van der Waals surface area contributed by atoms with Gasteiger partial charge in [-0.1, -0.05) is 53.2 Å². The van der Waals surface area contributed by atoms with Crippen molar-refractivity contribution in [3.05, 3.63) is 88.8 Å². The summed E-state index contributed by atoms with van der Waals surface area (Å²) >= 11 is 0. The summed E-state index contributed by atoms with van der Waals surface area (Å²) in [6.07, 6.45) is 4.57. The van der Waals surface area contributed by atoms with Gasteiger partial charge < -0.3 is 0 Å². The lowest BCUT2D eigenvalue weighted by Gasteiger charge is -2.08. The van der Waals surface area contributed by atoms with Crippen molar-refractivity contribution in [1.29, 1.82) is 0 Å². The Balaban J connectivity index is 1.52. The third-order valence-corrected chi connectivity index (χ3v) is 4.07. The Bertz CT molecular complexity index is 1010. The van der Waals surface area contributed by atoms with Crippen LogP contribution in [0.15, 0.2) is 60.8 Å². The minimum Gasteiger partial charge on any atom is -0.268 e. The molecule has 2 N–H and O–H groups in total. The molecule has 0 fully saturated rings. The van der Waals surface area contributed by atoms with Crippen molar-refractivity contribution in [2.45, 2.75) is 20.4 Å². The van der Waals surface area contributed by atoms with Gasteiger partial charge in [-0.05, 0) is 37.1 Å². The second-order valence-corrected chi connectivity index (χ2v) is 6.42. The van der Waals surface area contributed by atoms with Crippen molar-refractivity contribution in [2.24, 2.45) is 0 Å². The summed E-state index contributed by atoms with van der Waals surface area (Å²) in [6, 6.07) is 15.4. The first-order chi connectivity index (χ1) is 13.5. The van der Waals surface area contributed by atoms with Crippen molar-refractivity contribution in [3.8, 4) is 0 Å². The van der Waals surface area contributed by atoms with Crippen molar-refractivity contribution in [1.82, 2.24) is 25.8 Å². The average molecular weight is 375 g/mol. The van der Waals surface area contributed by atoms with Gasteiger partial charge in [0.2, 0.25) is 0 Å². The van der Waals surface area contributed by atoms with Gasteiger partial charge in [-0.3, -0.25) is 20.4 Å². The molecular weight excluding hydrogens is 354 g/mol. The van der Waals surface area contributed by atoms with Crippen LogP contribution in [-0.4, -0.2) is 26.8 Å². The number of aromatic nitrogens is 3. The van der Waals surface area contributed by atoms with Crippen LogP contribution < -0.4 is 10.9 Å². The van der Waals surface area contributed by atoms with E-state index in [1.165, 1.54) is 12.2 Å². The van der Waals surface area contributed by atoms with E-state index in [1.54, 1.807) is 16.9 Å². The molecule has 0 atom stereocenters. The molecule has 0 aliphatic heterocycles. The number of carbonyl (C=O) groups is 2. The Morgan fingerprint density at radius 1 is 1.07 bits per heavy atom. The molecule has 0 saturated carbocycles. The summed E-state index contributed by atoms with van der Waals surface area (Å²) in [5, 5.41) is 8.04. The highest BCUT2D eigenvalue weighted by molar-refractivity contribution is 5.98. The van der Waals surface area contributed by atoms with Crippen molar-refractivity contribution in [2.75, 3.05) is 0 Å². The highest BCUT2D eigenvalue weighted by Crippen LogP contribution is 2.10. The maximum atomic E-state index is 12.2. The summed E-state index contributed by atoms with van der Waals surface area (Å²) in [5.74, 6) is -0.830. The number of rotatable bonds is 5. The molecule has 0 bridgehead atoms. The van der Waals surface area contributed by atoms with Crippen molar-refractivity contribution < 1.29 is 9.59 Å². The first kappa shape index (κ1) is 19.0. The molecule has 0 saturated heterocycles. The van der Waals surface area contributed by atoms with E-state index < -0.39 is 5.91 Å². The van der Waals surface area contributed by atoms with Gasteiger partial charge in [-0.15, -0.1) is 5.10 Å². The van der Waals surface area contributed by atoms with Crippen LogP contribution in [0.4, 0.5) is 0 Å². The van der Waals surface area contributed by atoms with Gasteiger partial charge in [-0.2, -0.15) is 0 Å². The van der Waals surface area contributed by atoms with Crippen LogP contribution in [0.5, 0.6) is 0 Å². The molecule has 0 spiro atoms. The van der Waals surface area contributed by atoms with Crippen LogP contribution in [0.25, 0.3) is 6.08 Å². The number of nitrogens with zero attached hydrogens (tertiary/aromatic N) is 3. The highest BCUT2D eigenvalue weighted by Gasteiger charge is 2.09. The van der Waals surface area contributed by atoms with Gasteiger partial charge in [0.05, 0.1) is 12.7 Å². The molecule has 28 heavy (non-hydrogen) atoms. The first-order valence-electron chi connectivity index (χ1n) is 8.81. The molecule has 1 heterocycles. The van der Waals surface area contributed by atoms with Crippen molar-refractivity contribution in [3.63, 3.8) is 0 Å². The third kappa shape index (κ3) is 5.14. The Kier molecular flexibility index (Phi) is 5.96. The van der Waals surface area contributed by atoms with Crippen LogP contribution >= 0.6 is 0 Å². The Labute approximate surface area is 163 Å². The molecule has 7 nitrogen and oxygen atoms in total. The predicted molar refractivity (Wildman–Crippen MR) is 106 cm³/mol. The Morgan fingerprint density at radius 3 is 2.61 bits per heavy atom. The van der Waals surface area contributed by atoms with Crippen LogP contribution in [-0.2, 0) is 11.3 Å². The summed E-state index contributed by atoms with van der Waals surface area (Å²) in [5.41, 5.74) is 8.84. The number of aryl methyl sites for hydroxylation is 2. The molecule has 142 valence electrons. The number of benzene rings is 2. The Hall–Kier alpha value is -3.74. The van der Waals surface area contributed by atoms with Gasteiger partial charge in [0.1, 0.15) is 5.69 Å². The van der Waals surface area contributed by atoms with E-state index in [0.717, 1.165) is 16.7 Å². The fraction of sp³-hybridized carbons (Fsp3) is 0.143. The minimum absolute atomic E-state index is 0.368. The van der Waals surface area contributed by atoms with E-state index in [2.05, 4.69) is 21.2 Å². The molecular formula is C21H21N5O2. The second kappa shape index (κ2) is 8.77. The maximum Gasteiger partial charge on any atom is 0.269 e. The SMILES string of the molecule is Cc1ccc(C(=O)NNC(=O)/C=C/c2cn(Cc3ccccc3)nn2)c(C)c1. The zero-order valence-corrected chi connectivity index (χ0v) is 15.7. The van der Waals surface area contributed by atoms with Gasteiger partial charge in [0.25, 0.3) is 11.8 Å². The van der Waals surface area contributed by atoms with Gasteiger partial charge >= 0.3 is 0 Å². The predicted octanol–water partition coefficient (Wildman–Crippen LogP) is 2.42. The monoisotopic (exact) mass is 375 g/mol. The van der Waals surface area contributed by atoms with Crippen LogP contribution in [0.3, 0.4) is 0 Å². The van der Waals surface area contributed by atoms with E-state index >= 15 is 0 Å². The fourth-order valence-corrected chi connectivity index (χ4v) is 2.69. The van der Waals surface area contributed by atoms with E-state index in [1.807, 2.05) is 56.3 Å². The van der Waals surface area contributed by atoms with E-state index in [9.17, 15) is 9.59 Å². The van der Waals surface area contributed by atoms with Crippen LogP contribution in [0.1, 0.15) is 32.7 Å².